The smallest absolute Gasteiger partial charge is 0.258 e. The summed E-state index contributed by atoms with van der Waals surface area (Å²) in [6, 6.07) is 5.53. The van der Waals surface area contributed by atoms with Crippen molar-refractivity contribution in [3.8, 4) is 0 Å². The number of rotatable bonds is 3. The number of aromatic nitrogens is 3. The monoisotopic (exact) mass is 271 g/mol. The van der Waals surface area contributed by atoms with E-state index in [4.69, 9.17) is 0 Å². The van der Waals surface area contributed by atoms with Crippen LogP contribution in [0.3, 0.4) is 0 Å². The molecule has 1 heterocycles. The van der Waals surface area contributed by atoms with Gasteiger partial charge in [0.05, 0.1) is 11.4 Å². The summed E-state index contributed by atoms with van der Waals surface area (Å²) >= 11 is 0. The van der Waals surface area contributed by atoms with E-state index < -0.39 is 0 Å². The SMILES string of the molecule is CNc1ccc(C(=O)Nc2nnc(C)c(C)n2)c(C)c1. The van der Waals surface area contributed by atoms with Gasteiger partial charge in [0.2, 0.25) is 5.95 Å². The number of anilines is 2. The van der Waals surface area contributed by atoms with E-state index in [9.17, 15) is 4.79 Å². The third-order valence-electron chi connectivity index (χ3n) is 3.08. The zero-order valence-electron chi connectivity index (χ0n) is 12.0. The second-order valence-corrected chi connectivity index (χ2v) is 4.54. The van der Waals surface area contributed by atoms with Crippen molar-refractivity contribution in [2.45, 2.75) is 20.8 Å². The highest BCUT2D eigenvalue weighted by Gasteiger charge is 2.12. The zero-order valence-corrected chi connectivity index (χ0v) is 12.0. The lowest BCUT2D eigenvalue weighted by Gasteiger charge is -2.08. The second kappa shape index (κ2) is 5.64. The van der Waals surface area contributed by atoms with Crippen LogP contribution < -0.4 is 10.6 Å². The maximum absolute atomic E-state index is 12.2. The first-order valence-corrected chi connectivity index (χ1v) is 6.29. The van der Waals surface area contributed by atoms with Gasteiger partial charge in [-0.3, -0.25) is 10.1 Å². The average Bonchev–Trinajstić information content (AvgIpc) is 2.42. The third-order valence-corrected chi connectivity index (χ3v) is 3.08. The molecule has 20 heavy (non-hydrogen) atoms. The number of carbonyl (C=O) groups excluding carboxylic acids is 1. The van der Waals surface area contributed by atoms with Crippen molar-refractivity contribution in [2.75, 3.05) is 17.7 Å². The average molecular weight is 271 g/mol. The summed E-state index contributed by atoms with van der Waals surface area (Å²) in [5, 5.41) is 13.5. The molecule has 0 spiro atoms. The molecular formula is C14H17N5O. The summed E-state index contributed by atoms with van der Waals surface area (Å²) in [7, 11) is 1.84. The van der Waals surface area contributed by atoms with Crippen LogP contribution in [-0.4, -0.2) is 28.1 Å². The molecule has 0 saturated heterocycles. The highest BCUT2D eigenvalue weighted by Crippen LogP contribution is 2.15. The molecule has 2 aromatic rings. The maximum atomic E-state index is 12.2. The molecule has 1 amide bonds. The quantitative estimate of drug-likeness (QED) is 0.893. The van der Waals surface area contributed by atoms with Crippen molar-refractivity contribution in [1.82, 2.24) is 15.2 Å². The minimum atomic E-state index is -0.241. The van der Waals surface area contributed by atoms with Crippen molar-refractivity contribution in [1.29, 1.82) is 0 Å². The lowest BCUT2D eigenvalue weighted by Crippen LogP contribution is -2.16. The van der Waals surface area contributed by atoms with Gasteiger partial charge in [0.25, 0.3) is 5.91 Å². The lowest BCUT2D eigenvalue weighted by atomic mass is 10.1. The highest BCUT2D eigenvalue weighted by atomic mass is 16.1. The van der Waals surface area contributed by atoms with Gasteiger partial charge in [-0.1, -0.05) is 0 Å². The molecule has 0 aliphatic heterocycles. The van der Waals surface area contributed by atoms with Gasteiger partial charge in [-0.2, -0.15) is 5.10 Å². The van der Waals surface area contributed by atoms with E-state index in [2.05, 4.69) is 25.8 Å². The number of nitrogens with zero attached hydrogens (tertiary/aromatic N) is 3. The van der Waals surface area contributed by atoms with Gasteiger partial charge in [0.1, 0.15) is 0 Å². The molecule has 2 N–H and O–H groups in total. The topological polar surface area (TPSA) is 79.8 Å². The highest BCUT2D eigenvalue weighted by molar-refractivity contribution is 6.04. The Hall–Kier alpha value is -2.50. The Morgan fingerprint density at radius 2 is 1.85 bits per heavy atom. The molecule has 0 atom stereocenters. The molecule has 0 aliphatic carbocycles. The van der Waals surface area contributed by atoms with E-state index in [1.807, 2.05) is 40.0 Å². The van der Waals surface area contributed by atoms with Crippen LogP contribution >= 0.6 is 0 Å². The van der Waals surface area contributed by atoms with E-state index in [1.165, 1.54) is 0 Å². The fourth-order valence-corrected chi connectivity index (χ4v) is 1.75. The Labute approximate surface area is 117 Å². The predicted octanol–water partition coefficient (Wildman–Crippen LogP) is 2.09. The van der Waals surface area contributed by atoms with Gasteiger partial charge in [-0.25, -0.2) is 4.98 Å². The fraction of sp³-hybridized carbons (Fsp3) is 0.286. The molecular weight excluding hydrogens is 254 g/mol. The van der Waals surface area contributed by atoms with E-state index in [0.717, 1.165) is 22.6 Å². The Kier molecular flexibility index (Phi) is 3.93. The summed E-state index contributed by atoms with van der Waals surface area (Å²) in [4.78, 5) is 16.4. The van der Waals surface area contributed by atoms with Crippen molar-refractivity contribution in [3.63, 3.8) is 0 Å². The van der Waals surface area contributed by atoms with Gasteiger partial charge in [-0.05, 0) is 44.5 Å². The molecule has 1 aromatic heterocycles. The van der Waals surface area contributed by atoms with Crippen molar-refractivity contribution >= 4 is 17.5 Å². The van der Waals surface area contributed by atoms with Gasteiger partial charge in [0, 0.05) is 18.3 Å². The molecule has 6 nitrogen and oxygen atoms in total. The zero-order chi connectivity index (χ0) is 14.7. The van der Waals surface area contributed by atoms with Crippen LogP contribution in [0.15, 0.2) is 18.2 Å². The number of benzene rings is 1. The van der Waals surface area contributed by atoms with Gasteiger partial charge in [-0.15, -0.1) is 5.10 Å². The van der Waals surface area contributed by atoms with Gasteiger partial charge < -0.3 is 5.32 Å². The van der Waals surface area contributed by atoms with Crippen LogP contribution in [0.5, 0.6) is 0 Å². The minimum Gasteiger partial charge on any atom is -0.388 e. The van der Waals surface area contributed by atoms with Crippen molar-refractivity contribution in [2.24, 2.45) is 0 Å². The Morgan fingerprint density at radius 3 is 2.45 bits per heavy atom. The lowest BCUT2D eigenvalue weighted by molar-refractivity contribution is 0.102. The van der Waals surface area contributed by atoms with E-state index in [0.29, 0.717) is 5.56 Å². The Morgan fingerprint density at radius 1 is 1.10 bits per heavy atom. The van der Waals surface area contributed by atoms with Gasteiger partial charge >= 0.3 is 0 Å². The number of carbonyl (C=O) groups is 1. The first-order valence-electron chi connectivity index (χ1n) is 6.29. The summed E-state index contributed by atoms with van der Waals surface area (Å²) in [6.07, 6.45) is 0. The van der Waals surface area contributed by atoms with E-state index >= 15 is 0 Å². The van der Waals surface area contributed by atoms with Crippen LogP contribution in [0, 0.1) is 20.8 Å². The fourth-order valence-electron chi connectivity index (χ4n) is 1.75. The normalized spacial score (nSPS) is 10.2. The molecule has 0 aliphatic rings. The molecule has 0 radical (unpaired) electrons. The number of nitrogens with one attached hydrogen (secondary N) is 2. The molecule has 2 rings (SSSR count). The number of hydrogen-bond acceptors (Lipinski definition) is 5. The molecule has 0 saturated carbocycles. The van der Waals surface area contributed by atoms with Crippen molar-refractivity contribution in [3.05, 3.63) is 40.7 Å². The first-order chi connectivity index (χ1) is 9.51. The summed E-state index contributed by atoms with van der Waals surface area (Å²) in [6.45, 7) is 5.53. The molecule has 0 bridgehead atoms. The first kappa shape index (κ1) is 13.9. The van der Waals surface area contributed by atoms with E-state index in [1.54, 1.807) is 6.07 Å². The van der Waals surface area contributed by atoms with Crippen LogP contribution in [0.1, 0.15) is 27.3 Å². The number of amides is 1. The van der Waals surface area contributed by atoms with E-state index in [-0.39, 0.29) is 11.9 Å². The van der Waals surface area contributed by atoms with Gasteiger partial charge in [0.15, 0.2) is 0 Å². The molecule has 0 unspecified atom stereocenters. The summed E-state index contributed by atoms with van der Waals surface area (Å²) < 4.78 is 0. The Bertz CT molecular complexity index is 654. The number of hydrogen-bond donors (Lipinski definition) is 2. The molecule has 1 aromatic carbocycles. The summed E-state index contributed by atoms with van der Waals surface area (Å²) in [5.74, 6) is -0.0228. The molecule has 6 heteroatoms. The van der Waals surface area contributed by atoms with Crippen molar-refractivity contribution < 1.29 is 4.79 Å². The maximum Gasteiger partial charge on any atom is 0.258 e. The minimum absolute atomic E-state index is 0.218. The predicted molar refractivity (Wildman–Crippen MR) is 78.0 cm³/mol. The van der Waals surface area contributed by atoms with Crippen LogP contribution in [0.2, 0.25) is 0 Å². The van der Waals surface area contributed by atoms with Crippen LogP contribution in [0.4, 0.5) is 11.6 Å². The van der Waals surface area contributed by atoms with Crippen LogP contribution in [0.25, 0.3) is 0 Å². The summed E-state index contributed by atoms with van der Waals surface area (Å²) in [5.41, 5.74) is 3.93. The molecule has 0 fully saturated rings. The largest absolute Gasteiger partial charge is 0.388 e. The number of aryl methyl sites for hydroxylation is 3. The van der Waals surface area contributed by atoms with Crippen LogP contribution in [-0.2, 0) is 0 Å². The standard InChI is InChI=1S/C14H17N5O/c1-8-7-11(15-4)5-6-12(8)13(20)17-14-16-9(2)10(3)18-19-14/h5-7,15H,1-4H3,(H,16,17,19,20). The Balaban J connectivity index is 2.21. The second-order valence-electron chi connectivity index (χ2n) is 4.54. The molecule has 104 valence electrons. The third kappa shape index (κ3) is 2.90.